The molecule has 1 heterocycles. The highest BCUT2D eigenvalue weighted by atomic mass is 16.5. The van der Waals surface area contributed by atoms with Crippen LogP contribution in [0.2, 0.25) is 0 Å². The van der Waals surface area contributed by atoms with E-state index in [1.807, 2.05) is 0 Å². The van der Waals surface area contributed by atoms with Crippen LogP contribution in [0.1, 0.15) is 19.3 Å². The first-order valence-electron chi connectivity index (χ1n) is 5.40. The van der Waals surface area contributed by atoms with Gasteiger partial charge in [-0.3, -0.25) is 4.79 Å². The monoisotopic (exact) mass is 217 g/mol. The number of nitrogens with one attached hydrogen (secondary N) is 1. The lowest BCUT2D eigenvalue weighted by Gasteiger charge is -2.24. The van der Waals surface area contributed by atoms with Gasteiger partial charge in [-0.15, -0.1) is 0 Å². The standard InChI is InChI=1S/C10H19NO4/c12-5-2-1-3-8(13)10(14)9-7-11-4-6-15-9/h8-9,11-13H,1-7H2. The Morgan fingerprint density at radius 3 is 2.93 bits per heavy atom. The zero-order valence-corrected chi connectivity index (χ0v) is 8.82. The molecule has 1 aliphatic heterocycles. The molecule has 0 radical (unpaired) electrons. The van der Waals surface area contributed by atoms with Gasteiger partial charge in [0.25, 0.3) is 0 Å². The largest absolute Gasteiger partial charge is 0.396 e. The average molecular weight is 217 g/mol. The minimum absolute atomic E-state index is 0.0996. The van der Waals surface area contributed by atoms with E-state index in [9.17, 15) is 9.90 Å². The summed E-state index contributed by atoms with van der Waals surface area (Å²) in [6.45, 7) is 1.85. The maximum absolute atomic E-state index is 11.6. The molecule has 1 fully saturated rings. The van der Waals surface area contributed by atoms with E-state index >= 15 is 0 Å². The fourth-order valence-electron chi connectivity index (χ4n) is 1.55. The van der Waals surface area contributed by atoms with Gasteiger partial charge < -0.3 is 20.3 Å². The highest BCUT2D eigenvalue weighted by Crippen LogP contribution is 2.07. The lowest BCUT2D eigenvalue weighted by molar-refractivity contribution is -0.140. The molecule has 3 N–H and O–H groups in total. The molecule has 0 spiro atoms. The Labute approximate surface area is 89.4 Å². The lowest BCUT2D eigenvalue weighted by Crippen LogP contribution is -2.46. The van der Waals surface area contributed by atoms with Crippen LogP contribution in [-0.4, -0.2) is 54.5 Å². The minimum atomic E-state index is -0.957. The van der Waals surface area contributed by atoms with E-state index in [-0.39, 0.29) is 12.4 Å². The molecule has 5 nitrogen and oxygen atoms in total. The van der Waals surface area contributed by atoms with Crippen LogP contribution in [0.3, 0.4) is 0 Å². The third-order valence-electron chi connectivity index (χ3n) is 2.46. The van der Waals surface area contributed by atoms with Gasteiger partial charge in [0.2, 0.25) is 0 Å². The van der Waals surface area contributed by atoms with Gasteiger partial charge in [0.15, 0.2) is 5.78 Å². The van der Waals surface area contributed by atoms with E-state index in [0.29, 0.717) is 32.4 Å². The molecule has 2 atom stereocenters. The number of hydrogen-bond acceptors (Lipinski definition) is 5. The topological polar surface area (TPSA) is 78.8 Å². The second-order valence-corrected chi connectivity index (χ2v) is 3.70. The van der Waals surface area contributed by atoms with Gasteiger partial charge in [-0.25, -0.2) is 0 Å². The number of morpholine rings is 1. The van der Waals surface area contributed by atoms with Crippen LogP contribution in [0.5, 0.6) is 0 Å². The number of ether oxygens (including phenoxy) is 1. The Morgan fingerprint density at radius 1 is 1.53 bits per heavy atom. The van der Waals surface area contributed by atoms with E-state index in [1.54, 1.807) is 0 Å². The van der Waals surface area contributed by atoms with E-state index in [0.717, 1.165) is 6.54 Å². The second-order valence-electron chi connectivity index (χ2n) is 3.70. The third-order valence-corrected chi connectivity index (χ3v) is 2.46. The van der Waals surface area contributed by atoms with Crippen molar-refractivity contribution in [3.05, 3.63) is 0 Å². The van der Waals surface area contributed by atoms with Crippen molar-refractivity contribution in [2.24, 2.45) is 0 Å². The zero-order valence-electron chi connectivity index (χ0n) is 8.82. The number of carbonyl (C=O) groups excluding carboxylic acids is 1. The van der Waals surface area contributed by atoms with Crippen molar-refractivity contribution in [3.8, 4) is 0 Å². The molecule has 88 valence electrons. The second kappa shape index (κ2) is 6.90. The summed E-state index contributed by atoms with van der Waals surface area (Å²) in [6.07, 6.45) is 0.209. The van der Waals surface area contributed by atoms with Gasteiger partial charge in [0.1, 0.15) is 12.2 Å². The predicted octanol–water partition coefficient (Wildman–Crippen LogP) is -0.933. The molecule has 15 heavy (non-hydrogen) atoms. The highest BCUT2D eigenvalue weighted by Gasteiger charge is 2.27. The molecule has 2 unspecified atom stereocenters. The van der Waals surface area contributed by atoms with Crippen molar-refractivity contribution >= 4 is 5.78 Å². The van der Waals surface area contributed by atoms with Crippen molar-refractivity contribution in [2.75, 3.05) is 26.3 Å². The normalized spacial score (nSPS) is 23.7. The number of rotatable bonds is 6. The van der Waals surface area contributed by atoms with Crippen LogP contribution in [0.25, 0.3) is 0 Å². The van der Waals surface area contributed by atoms with Gasteiger partial charge >= 0.3 is 0 Å². The minimum Gasteiger partial charge on any atom is -0.396 e. The first-order valence-corrected chi connectivity index (χ1v) is 5.40. The molecule has 0 aromatic rings. The lowest BCUT2D eigenvalue weighted by atomic mass is 10.0. The summed E-state index contributed by atoms with van der Waals surface area (Å²) in [5.41, 5.74) is 0. The quantitative estimate of drug-likeness (QED) is 0.501. The molecule has 0 amide bonds. The summed E-state index contributed by atoms with van der Waals surface area (Å²) in [5, 5.41) is 21.2. The maximum Gasteiger partial charge on any atom is 0.191 e. The van der Waals surface area contributed by atoms with Gasteiger partial charge in [-0.1, -0.05) is 0 Å². The fourth-order valence-corrected chi connectivity index (χ4v) is 1.55. The number of unbranched alkanes of at least 4 members (excludes halogenated alkanes) is 1. The van der Waals surface area contributed by atoms with Crippen molar-refractivity contribution in [3.63, 3.8) is 0 Å². The van der Waals surface area contributed by atoms with Crippen LogP contribution in [-0.2, 0) is 9.53 Å². The molecule has 0 saturated carbocycles. The molecule has 0 aromatic heterocycles. The summed E-state index contributed by atoms with van der Waals surface area (Å²) in [6, 6.07) is 0. The number of ketones is 1. The van der Waals surface area contributed by atoms with Crippen LogP contribution in [0.4, 0.5) is 0 Å². The van der Waals surface area contributed by atoms with E-state index < -0.39 is 12.2 Å². The summed E-state index contributed by atoms with van der Waals surface area (Å²) in [4.78, 5) is 11.6. The Bertz CT molecular complexity index is 192. The Morgan fingerprint density at radius 2 is 2.33 bits per heavy atom. The Kier molecular flexibility index (Phi) is 5.78. The van der Waals surface area contributed by atoms with Crippen LogP contribution >= 0.6 is 0 Å². The summed E-state index contributed by atoms with van der Waals surface area (Å²) >= 11 is 0. The summed E-state index contributed by atoms with van der Waals surface area (Å²) in [7, 11) is 0. The number of aliphatic hydroxyl groups is 2. The molecule has 0 bridgehead atoms. The van der Waals surface area contributed by atoms with Gasteiger partial charge in [-0.05, 0) is 19.3 Å². The molecule has 0 aliphatic carbocycles. The van der Waals surface area contributed by atoms with E-state index in [4.69, 9.17) is 9.84 Å². The third kappa shape index (κ3) is 4.25. The van der Waals surface area contributed by atoms with Crippen molar-refractivity contribution < 1.29 is 19.7 Å². The van der Waals surface area contributed by atoms with Crippen LogP contribution in [0, 0.1) is 0 Å². The van der Waals surface area contributed by atoms with Crippen molar-refractivity contribution in [1.29, 1.82) is 0 Å². The number of Topliss-reactive ketones (excluding diaryl/α,β-unsaturated/α-hetero) is 1. The van der Waals surface area contributed by atoms with Crippen LogP contribution < -0.4 is 5.32 Å². The van der Waals surface area contributed by atoms with Crippen molar-refractivity contribution in [2.45, 2.75) is 31.5 Å². The first-order chi connectivity index (χ1) is 7.25. The molecular weight excluding hydrogens is 198 g/mol. The molecular formula is C10H19NO4. The number of hydrogen-bond donors (Lipinski definition) is 3. The van der Waals surface area contributed by atoms with Crippen LogP contribution in [0.15, 0.2) is 0 Å². The molecule has 5 heteroatoms. The van der Waals surface area contributed by atoms with Gasteiger partial charge in [0.05, 0.1) is 6.61 Å². The number of carbonyl (C=O) groups is 1. The molecule has 1 rings (SSSR count). The van der Waals surface area contributed by atoms with E-state index in [2.05, 4.69) is 5.32 Å². The highest BCUT2D eigenvalue weighted by molar-refractivity contribution is 5.87. The number of aliphatic hydroxyl groups excluding tert-OH is 2. The van der Waals surface area contributed by atoms with E-state index in [1.165, 1.54) is 0 Å². The Hall–Kier alpha value is -0.490. The molecule has 0 aromatic carbocycles. The maximum atomic E-state index is 11.6. The summed E-state index contributed by atoms with van der Waals surface area (Å²) in [5.74, 6) is -0.250. The Balaban J connectivity index is 2.24. The first kappa shape index (κ1) is 12.6. The molecule has 1 aliphatic rings. The summed E-state index contributed by atoms with van der Waals surface area (Å²) < 4.78 is 5.25. The zero-order chi connectivity index (χ0) is 11.1. The van der Waals surface area contributed by atoms with Crippen molar-refractivity contribution in [1.82, 2.24) is 5.32 Å². The smallest absolute Gasteiger partial charge is 0.191 e. The molecule has 1 saturated heterocycles. The predicted molar refractivity (Wildman–Crippen MR) is 54.6 cm³/mol. The van der Waals surface area contributed by atoms with Gasteiger partial charge in [-0.2, -0.15) is 0 Å². The fraction of sp³-hybridized carbons (Fsp3) is 0.900. The SMILES string of the molecule is O=C(C(O)CCCCO)C1CNCCO1. The average Bonchev–Trinajstić information content (AvgIpc) is 2.29. The van der Waals surface area contributed by atoms with Gasteiger partial charge in [0, 0.05) is 19.7 Å².